The van der Waals surface area contributed by atoms with Crippen LogP contribution in [0.15, 0.2) is 21.5 Å². The van der Waals surface area contributed by atoms with E-state index >= 15 is 0 Å². The average Bonchev–Trinajstić information content (AvgIpc) is 2.71. The Kier molecular flexibility index (Phi) is 2.27. The molecule has 0 saturated heterocycles. The number of hydrogen-bond donors (Lipinski definition) is 1. The fraction of sp³-hybridized carbons (Fsp3) is 0.250. The molecule has 0 aliphatic carbocycles. The van der Waals surface area contributed by atoms with E-state index in [0.29, 0.717) is 6.54 Å². The molecule has 68 valence electrons. The molecule has 13 heavy (non-hydrogen) atoms. The first-order chi connectivity index (χ1) is 6.34. The van der Waals surface area contributed by atoms with Crippen molar-refractivity contribution in [3.63, 3.8) is 0 Å². The molecule has 0 amide bonds. The van der Waals surface area contributed by atoms with E-state index in [-0.39, 0.29) is 0 Å². The van der Waals surface area contributed by atoms with Crippen LogP contribution in [0.5, 0.6) is 0 Å². The van der Waals surface area contributed by atoms with Gasteiger partial charge in [0, 0.05) is 11.4 Å². The van der Waals surface area contributed by atoms with E-state index in [1.807, 2.05) is 23.9 Å². The largest absolute Gasteiger partial charge is 0.362 e. The van der Waals surface area contributed by atoms with E-state index in [1.165, 1.54) is 0 Å². The van der Waals surface area contributed by atoms with Crippen LogP contribution in [0, 0.1) is 6.92 Å². The fourth-order valence-corrected chi connectivity index (χ4v) is 1.51. The van der Waals surface area contributed by atoms with Crippen molar-refractivity contribution in [2.24, 2.45) is 0 Å². The lowest BCUT2D eigenvalue weighted by Gasteiger charge is -1.96. The predicted octanol–water partition coefficient (Wildman–Crippen LogP) is 2.05. The van der Waals surface area contributed by atoms with Crippen LogP contribution in [-0.4, -0.2) is 10.1 Å². The molecule has 0 atom stereocenters. The van der Waals surface area contributed by atoms with Gasteiger partial charge < -0.3 is 9.84 Å². The molecule has 5 heteroatoms. The summed E-state index contributed by atoms with van der Waals surface area (Å²) < 4.78 is 4.90. The van der Waals surface area contributed by atoms with Crippen molar-refractivity contribution >= 4 is 17.2 Å². The van der Waals surface area contributed by atoms with Gasteiger partial charge in [-0.2, -0.15) is 0 Å². The molecule has 2 rings (SSSR count). The van der Waals surface area contributed by atoms with Crippen LogP contribution in [0.1, 0.15) is 11.5 Å². The lowest BCUT2D eigenvalue weighted by molar-refractivity contribution is 0.399. The van der Waals surface area contributed by atoms with Crippen molar-refractivity contribution in [2.45, 2.75) is 13.5 Å². The SMILES string of the molecule is Cc1cc(NCc2cscn2)no1. The molecule has 1 N–H and O–H groups in total. The number of nitrogens with one attached hydrogen (secondary N) is 1. The quantitative estimate of drug-likeness (QED) is 0.814. The predicted molar refractivity (Wildman–Crippen MR) is 50.7 cm³/mol. The highest BCUT2D eigenvalue weighted by molar-refractivity contribution is 7.07. The Bertz CT molecular complexity index is 368. The van der Waals surface area contributed by atoms with E-state index in [9.17, 15) is 0 Å². The molecule has 0 aliphatic heterocycles. The van der Waals surface area contributed by atoms with Crippen LogP contribution >= 0.6 is 11.3 Å². The second-order valence-corrected chi connectivity index (χ2v) is 3.37. The Hall–Kier alpha value is -1.36. The van der Waals surface area contributed by atoms with Crippen LogP contribution in [0.4, 0.5) is 5.82 Å². The van der Waals surface area contributed by atoms with Gasteiger partial charge in [0.1, 0.15) is 5.76 Å². The second-order valence-electron chi connectivity index (χ2n) is 2.66. The lowest BCUT2D eigenvalue weighted by atomic mass is 10.4. The van der Waals surface area contributed by atoms with Crippen LogP contribution in [0.2, 0.25) is 0 Å². The summed E-state index contributed by atoms with van der Waals surface area (Å²) in [4.78, 5) is 4.14. The zero-order valence-corrected chi connectivity index (χ0v) is 7.97. The third kappa shape index (κ3) is 2.06. The van der Waals surface area contributed by atoms with Gasteiger partial charge in [0.2, 0.25) is 0 Å². The van der Waals surface area contributed by atoms with E-state index < -0.39 is 0 Å². The maximum absolute atomic E-state index is 4.90. The molecule has 0 saturated carbocycles. The van der Waals surface area contributed by atoms with Gasteiger partial charge in [-0.3, -0.25) is 0 Å². The molecule has 0 aliphatic rings. The number of nitrogens with zero attached hydrogens (tertiary/aromatic N) is 2. The minimum absolute atomic E-state index is 0.690. The van der Waals surface area contributed by atoms with Crippen LogP contribution < -0.4 is 5.32 Å². The van der Waals surface area contributed by atoms with Gasteiger partial charge in [-0.15, -0.1) is 11.3 Å². The highest BCUT2D eigenvalue weighted by Crippen LogP contribution is 2.09. The van der Waals surface area contributed by atoms with Gasteiger partial charge in [0.05, 0.1) is 17.7 Å². The van der Waals surface area contributed by atoms with Crippen molar-refractivity contribution in [3.05, 3.63) is 28.4 Å². The van der Waals surface area contributed by atoms with E-state index in [1.54, 1.807) is 11.3 Å². The van der Waals surface area contributed by atoms with Crippen molar-refractivity contribution in [2.75, 3.05) is 5.32 Å². The first-order valence-electron chi connectivity index (χ1n) is 3.89. The summed E-state index contributed by atoms with van der Waals surface area (Å²) in [6.45, 7) is 2.55. The molecular formula is C8H9N3OS. The van der Waals surface area contributed by atoms with Crippen molar-refractivity contribution in [1.29, 1.82) is 0 Å². The summed E-state index contributed by atoms with van der Waals surface area (Å²) in [5, 5.41) is 8.91. The van der Waals surface area contributed by atoms with Gasteiger partial charge in [-0.25, -0.2) is 4.98 Å². The Morgan fingerprint density at radius 1 is 1.62 bits per heavy atom. The van der Waals surface area contributed by atoms with Crippen LogP contribution in [0.3, 0.4) is 0 Å². The summed E-state index contributed by atoms with van der Waals surface area (Å²) in [6.07, 6.45) is 0. The van der Waals surface area contributed by atoms with Gasteiger partial charge >= 0.3 is 0 Å². The Labute approximate surface area is 79.6 Å². The monoisotopic (exact) mass is 195 g/mol. The fourth-order valence-electron chi connectivity index (χ4n) is 0.956. The van der Waals surface area contributed by atoms with Gasteiger partial charge in [0.25, 0.3) is 0 Å². The molecule has 0 radical (unpaired) electrons. The maximum atomic E-state index is 4.90. The number of rotatable bonds is 3. The van der Waals surface area contributed by atoms with Crippen molar-refractivity contribution < 1.29 is 4.52 Å². The zero-order chi connectivity index (χ0) is 9.10. The molecular weight excluding hydrogens is 186 g/mol. The number of aromatic nitrogens is 2. The third-order valence-electron chi connectivity index (χ3n) is 1.56. The third-order valence-corrected chi connectivity index (χ3v) is 2.20. The average molecular weight is 195 g/mol. The first kappa shape index (κ1) is 8.25. The normalized spacial score (nSPS) is 10.2. The molecule has 2 heterocycles. The second kappa shape index (κ2) is 3.57. The Morgan fingerprint density at radius 2 is 2.54 bits per heavy atom. The summed E-state index contributed by atoms with van der Waals surface area (Å²) in [5.41, 5.74) is 2.83. The molecule has 0 bridgehead atoms. The molecule has 0 fully saturated rings. The Balaban J connectivity index is 1.93. The number of hydrogen-bond acceptors (Lipinski definition) is 5. The van der Waals surface area contributed by atoms with E-state index in [0.717, 1.165) is 17.3 Å². The summed E-state index contributed by atoms with van der Waals surface area (Å²) in [6, 6.07) is 1.85. The smallest absolute Gasteiger partial charge is 0.169 e. The summed E-state index contributed by atoms with van der Waals surface area (Å²) >= 11 is 1.58. The van der Waals surface area contributed by atoms with Gasteiger partial charge in [-0.1, -0.05) is 5.16 Å². The van der Waals surface area contributed by atoms with Crippen molar-refractivity contribution in [1.82, 2.24) is 10.1 Å². The first-order valence-corrected chi connectivity index (χ1v) is 4.83. The van der Waals surface area contributed by atoms with Gasteiger partial charge in [-0.05, 0) is 6.92 Å². The van der Waals surface area contributed by atoms with E-state index in [2.05, 4.69) is 15.5 Å². The standard InChI is InChI=1S/C8H9N3OS/c1-6-2-8(11-12-6)9-3-7-4-13-5-10-7/h2,4-5H,3H2,1H3,(H,9,11). The topological polar surface area (TPSA) is 51.0 Å². The highest BCUT2D eigenvalue weighted by atomic mass is 32.1. The summed E-state index contributed by atoms with van der Waals surface area (Å²) in [7, 11) is 0. The van der Waals surface area contributed by atoms with Crippen molar-refractivity contribution in [3.8, 4) is 0 Å². The number of aryl methyl sites for hydroxylation is 1. The van der Waals surface area contributed by atoms with Gasteiger partial charge in [0.15, 0.2) is 5.82 Å². The Morgan fingerprint density at radius 3 is 3.15 bits per heavy atom. The zero-order valence-electron chi connectivity index (χ0n) is 7.15. The molecule has 4 nitrogen and oxygen atoms in total. The summed E-state index contributed by atoms with van der Waals surface area (Å²) in [5.74, 6) is 1.56. The minimum Gasteiger partial charge on any atom is -0.362 e. The number of thiazole rings is 1. The molecule has 0 unspecified atom stereocenters. The maximum Gasteiger partial charge on any atom is 0.169 e. The van der Waals surface area contributed by atoms with Crippen LogP contribution in [0.25, 0.3) is 0 Å². The number of anilines is 1. The van der Waals surface area contributed by atoms with Crippen LogP contribution in [-0.2, 0) is 6.54 Å². The molecule has 2 aromatic heterocycles. The minimum atomic E-state index is 0.690. The lowest BCUT2D eigenvalue weighted by Crippen LogP contribution is -1.99. The van der Waals surface area contributed by atoms with E-state index in [4.69, 9.17) is 4.52 Å². The molecule has 0 aromatic carbocycles. The molecule has 0 spiro atoms. The molecule has 2 aromatic rings. The highest BCUT2D eigenvalue weighted by Gasteiger charge is 1.99.